The molecule has 0 aliphatic rings. The molecule has 0 heterocycles. The van der Waals surface area contributed by atoms with Crippen molar-refractivity contribution in [3.8, 4) is 0 Å². The molecular formula is C12H22O4. The van der Waals surface area contributed by atoms with Crippen molar-refractivity contribution in [1.29, 1.82) is 0 Å². The van der Waals surface area contributed by atoms with E-state index >= 15 is 0 Å². The Morgan fingerprint density at radius 3 is 2.19 bits per heavy atom. The van der Waals surface area contributed by atoms with Crippen LogP contribution in [0.25, 0.3) is 0 Å². The van der Waals surface area contributed by atoms with Gasteiger partial charge in [-0.2, -0.15) is 0 Å². The molecule has 0 aromatic heterocycles. The summed E-state index contributed by atoms with van der Waals surface area (Å²) in [4.78, 5) is 20.9. The summed E-state index contributed by atoms with van der Waals surface area (Å²) in [7, 11) is 0. The second-order valence-electron chi connectivity index (χ2n) is 4.25. The minimum Gasteiger partial charge on any atom is -0.481 e. The van der Waals surface area contributed by atoms with Gasteiger partial charge >= 0.3 is 11.9 Å². The molecule has 0 aliphatic carbocycles. The molecule has 16 heavy (non-hydrogen) atoms. The third-order valence-electron chi connectivity index (χ3n) is 2.66. The highest BCUT2D eigenvalue weighted by molar-refractivity contribution is 5.67. The molecule has 0 aliphatic heterocycles. The van der Waals surface area contributed by atoms with Crippen molar-refractivity contribution in [2.45, 2.75) is 58.3 Å². The zero-order valence-electron chi connectivity index (χ0n) is 9.95. The molecule has 0 saturated heterocycles. The maximum absolute atomic E-state index is 10.6. The Morgan fingerprint density at radius 2 is 1.69 bits per heavy atom. The number of carbonyl (C=O) groups is 2. The highest BCUT2D eigenvalue weighted by Crippen LogP contribution is 2.19. The number of aliphatic carboxylic acids is 2. The Morgan fingerprint density at radius 1 is 1.00 bits per heavy atom. The first kappa shape index (κ1) is 14.9. The number of unbranched alkanes of at least 4 members (excludes halogenated alkanes) is 2. The van der Waals surface area contributed by atoms with E-state index in [2.05, 4.69) is 6.92 Å². The van der Waals surface area contributed by atoms with Gasteiger partial charge in [0.1, 0.15) is 0 Å². The van der Waals surface area contributed by atoms with E-state index in [1.54, 1.807) is 0 Å². The molecule has 0 aromatic rings. The largest absolute Gasteiger partial charge is 0.481 e. The second-order valence-corrected chi connectivity index (χ2v) is 4.25. The first-order chi connectivity index (χ1) is 7.56. The van der Waals surface area contributed by atoms with E-state index in [0.29, 0.717) is 6.42 Å². The Kier molecular flexibility index (Phi) is 8.58. The lowest BCUT2D eigenvalue weighted by atomic mass is 9.93. The van der Waals surface area contributed by atoms with Gasteiger partial charge in [-0.15, -0.1) is 0 Å². The average Bonchev–Trinajstić information content (AvgIpc) is 2.16. The molecule has 94 valence electrons. The molecule has 0 spiro atoms. The Labute approximate surface area is 96.7 Å². The van der Waals surface area contributed by atoms with Gasteiger partial charge in [0.05, 0.1) is 0 Å². The third-order valence-corrected chi connectivity index (χ3v) is 2.66. The highest BCUT2D eigenvalue weighted by atomic mass is 16.4. The van der Waals surface area contributed by atoms with Crippen molar-refractivity contribution in [3.63, 3.8) is 0 Å². The van der Waals surface area contributed by atoms with Crippen molar-refractivity contribution < 1.29 is 19.8 Å². The SMILES string of the molecule is CCCC(CCCCCC(=O)O)CC(=O)O. The van der Waals surface area contributed by atoms with Gasteiger partial charge in [0.15, 0.2) is 0 Å². The Hall–Kier alpha value is -1.06. The summed E-state index contributed by atoms with van der Waals surface area (Å²) in [5.74, 6) is -1.23. The van der Waals surface area contributed by atoms with E-state index in [0.717, 1.165) is 32.1 Å². The van der Waals surface area contributed by atoms with Crippen LogP contribution in [0.1, 0.15) is 58.3 Å². The van der Waals surface area contributed by atoms with Crippen LogP contribution in [-0.2, 0) is 9.59 Å². The third kappa shape index (κ3) is 9.49. The van der Waals surface area contributed by atoms with Gasteiger partial charge in [-0.3, -0.25) is 9.59 Å². The van der Waals surface area contributed by atoms with Crippen LogP contribution >= 0.6 is 0 Å². The maximum atomic E-state index is 10.6. The van der Waals surface area contributed by atoms with E-state index in [-0.39, 0.29) is 18.8 Å². The topological polar surface area (TPSA) is 74.6 Å². The zero-order valence-corrected chi connectivity index (χ0v) is 9.95. The van der Waals surface area contributed by atoms with E-state index in [1.165, 1.54) is 0 Å². The van der Waals surface area contributed by atoms with Crippen LogP contribution in [-0.4, -0.2) is 22.2 Å². The molecule has 0 aromatic carbocycles. The van der Waals surface area contributed by atoms with Gasteiger partial charge in [0, 0.05) is 12.8 Å². The number of carboxylic acid groups (broad SMARTS) is 2. The van der Waals surface area contributed by atoms with Crippen molar-refractivity contribution in [1.82, 2.24) is 0 Å². The summed E-state index contributed by atoms with van der Waals surface area (Å²) < 4.78 is 0. The minimum atomic E-state index is -0.754. The number of rotatable bonds is 10. The molecule has 1 unspecified atom stereocenters. The molecule has 4 nitrogen and oxygen atoms in total. The number of hydrogen-bond donors (Lipinski definition) is 2. The number of hydrogen-bond acceptors (Lipinski definition) is 2. The Bertz CT molecular complexity index is 213. The van der Waals surface area contributed by atoms with Crippen molar-refractivity contribution in [3.05, 3.63) is 0 Å². The van der Waals surface area contributed by atoms with Gasteiger partial charge in [0.2, 0.25) is 0 Å². The smallest absolute Gasteiger partial charge is 0.303 e. The highest BCUT2D eigenvalue weighted by Gasteiger charge is 2.11. The molecule has 0 saturated carbocycles. The minimum absolute atomic E-state index is 0.220. The van der Waals surface area contributed by atoms with Crippen molar-refractivity contribution in [2.24, 2.45) is 5.92 Å². The van der Waals surface area contributed by atoms with Gasteiger partial charge in [0.25, 0.3) is 0 Å². The predicted octanol–water partition coefficient (Wildman–Crippen LogP) is 2.91. The summed E-state index contributed by atoms with van der Waals surface area (Å²) in [6.07, 6.45) is 5.83. The van der Waals surface area contributed by atoms with Crippen LogP contribution < -0.4 is 0 Å². The molecule has 0 rings (SSSR count). The molecule has 0 amide bonds. The summed E-state index contributed by atoms with van der Waals surface area (Å²) in [5.41, 5.74) is 0. The molecule has 1 atom stereocenters. The Balaban J connectivity index is 3.59. The van der Waals surface area contributed by atoms with E-state index < -0.39 is 11.9 Å². The van der Waals surface area contributed by atoms with Gasteiger partial charge in [-0.1, -0.05) is 32.6 Å². The van der Waals surface area contributed by atoms with E-state index in [1.807, 2.05) is 0 Å². The van der Waals surface area contributed by atoms with E-state index in [4.69, 9.17) is 10.2 Å². The van der Waals surface area contributed by atoms with E-state index in [9.17, 15) is 9.59 Å². The van der Waals surface area contributed by atoms with Crippen LogP contribution in [0.3, 0.4) is 0 Å². The van der Waals surface area contributed by atoms with Crippen LogP contribution in [0.5, 0.6) is 0 Å². The molecule has 0 fully saturated rings. The van der Waals surface area contributed by atoms with Crippen LogP contribution in [0.15, 0.2) is 0 Å². The summed E-state index contributed by atoms with van der Waals surface area (Å²) in [5, 5.41) is 17.2. The zero-order chi connectivity index (χ0) is 12.4. The maximum Gasteiger partial charge on any atom is 0.303 e. The van der Waals surface area contributed by atoms with Gasteiger partial charge in [-0.05, 0) is 18.8 Å². The lowest BCUT2D eigenvalue weighted by Gasteiger charge is -2.13. The molecule has 0 radical (unpaired) electrons. The normalized spacial score (nSPS) is 12.3. The molecule has 0 bridgehead atoms. The molecule has 2 N–H and O–H groups in total. The average molecular weight is 230 g/mol. The second kappa shape index (κ2) is 9.19. The first-order valence-electron chi connectivity index (χ1n) is 5.99. The van der Waals surface area contributed by atoms with Crippen molar-refractivity contribution >= 4 is 11.9 Å². The lowest BCUT2D eigenvalue weighted by Crippen LogP contribution is -2.07. The molecular weight excluding hydrogens is 208 g/mol. The molecule has 4 heteroatoms. The number of carboxylic acids is 2. The van der Waals surface area contributed by atoms with Crippen LogP contribution in [0.2, 0.25) is 0 Å². The van der Waals surface area contributed by atoms with Crippen molar-refractivity contribution in [2.75, 3.05) is 0 Å². The fourth-order valence-corrected chi connectivity index (χ4v) is 1.89. The van der Waals surface area contributed by atoms with Gasteiger partial charge in [-0.25, -0.2) is 0 Å². The summed E-state index contributed by atoms with van der Waals surface area (Å²) in [6, 6.07) is 0. The van der Waals surface area contributed by atoms with Crippen LogP contribution in [0.4, 0.5) is 0 Å². The fraction of sp³-hybridized carbons (Fsp3) is 0.833. The standard InChI is InChI=1S/C12H22O4/c1-2-6-10(9-12(15)16)7-4-3-5-8-11(13)14/h10H,2-9H2,1H3,(H,13,14)(H,15,16). The quantitative estimate of drug-likeness (QED) is 0.566. The van der Waals surface area contributed by atoms with Gasteiger partial charge < -0.3 is 10.2 Å². The predicted molar refractivity (Wildman–Crippen MR) is 61.4 cm³/mol. The fourth-order valence-electron chi connectivity index (χ4n) is 1.89. The first-order valence-corrected chi connectivity index (χ1v) is 5.99. The lowest BCUT2D eigenvalue weighted by molar-refractivity contribution is -0.138. The summed E-state index contributed by atoms with van der Waals surface area (Å²) in [6.45, 7) is 2.05. The summed E-state index contributed by atoms with van der Waals surface area (Å²) >= 11 is 0. The van der Waals surface area contributed by atoms with Crippen LogP contribution in [0, 0.1) is 5.92 Å². The monoisotopic (exact) mass is 230 g/mol.